The largest absolute Gasteiger partial charge is 0.461 e. The van der Waals surface area contributed by atoms with E-state index < -0.39 is 24.1 Å². The van der Waals surface area contributed by atoms with Crippen molar-refractivity contribution in [3.63, 3.8) is 0 Å². The first-order valence-corrected chi connectivity index (χ1v) is 15.3. The number of esters is 2. The summed E-state index contributed by atoms with van der Waals surface area (Å²) in [6.07, 6.45) is 2.85. The van der Waals surface area contributed by atoms with E-state index in [1.807, 2.05) is 39.0 Å². The van der Waals surface area contributed by atoms with Crippen LogP contribution in [-0.4, -0.2) is 53.1 Å². The van der Waals surface area contributed by atoms with Crippen molar-refractivity contribution in [2.75, 3.05) is 6.61 Å². The fraction of sp³-hybridized carbons (Fsp3) is 0.545. The van der Waals surface area contributed by atoms with Crippen LogP contribution in [0.1, 0.15) is 71.3 Å². The molecular weight excluding hydrogens is 574 g/mol. The van der Waals surface area contributed by atoms with Gasteiger partial charge in [0.2, 0.25) is 0 Å². The Kier molecular flexibility index (Phi) is 13.1. The predicted octanol–water partition coefficient (Wildman–Crippen LogP) is 5.56. The highest BCUT2D eigenvalue weighted by molar-refractivity contribution is 6.31. The van der Waals surface area contributed by atoms with Crippen LogP contribution in [0.25, 0.3) is 0 Å². The maximum Gasteiger partial charge on any atom is 0.308 e. The van der Waals surface area contributed by atoms with Crippen LogP contribution in [-0.2, 0) is 40.1 Å². The topological polar surface area (TPSA) is 129 Å². The Labute approximate surface area is 258 Å². The molecule has 0 bridgehead atoms. The molecule has 3 rings (SSSR count). The molecule has 0 heterocycles. The number of halogens is 1. The van der Waals surface area contributed by atoms with Crippen molar-refractivity contribution in [2.24, 2.45) is 28.8 Å². The highest BCUT2D eigenvalue weighted by Gasteiger charge is 2.46. The molecule has 1 fully saturated rings. The molecule has 0 aromatic heterocycles. The summed E-state index contributed by atoms with van der Waals surface area (Å²) in [4.78, 5) is 56.3. The fourth-order valence-corrected chi connectivity index (χ4v) is 5.73. The number of benzene rings is 1. The molecule has 43 heavy (non-hydrogen) atoms. The van der Waals surface area contributed by atoms with Crippen LogP contribution >= 0.6 is 11.6 Å². The predicted molar refractivity (Wildman–Crippen MR) is 162 cm³/mol. The summed E-state index contributed by atoms with van der Waals surface area (Å²) in [5.41, 5.74) is 2.05. The Bertz CT molecular complexity index is 1240. The number of hydrogen-bond acceptors (Lipinski definition) is 9. The maximum absolute atomic E-state index is 13.2. The number of ether oxygens (including phenoxy) is 2. The highest BCUT2D eigenvalue weighted by atomic mass is 35.5. The standard InChI is InChI=1S/C33H42ClNO8/c1-5-15-41-31(39)17-24(37)16-23(36)11-12-25-21(4)29(38)18-26-28(35-42-19-22-9-7-8-10-27(22)34)13-14-30(32(25)26)43-33(40)20(3)6-2/h5,7-10,18,20-21,24-25,30,32,37H,1,6,11-17,19H2,2-4H3/b35-28-. The minimum absolute atomic E-state index is 0.0312. The van der Waals surface area contributed by atoms with Gasteiger partial charge in [-0.3, -0.25) is 19.2 Å². The number of Topliss-reactive ketones (excluding diaryl/α,β-unsaturated/α-hetero) is 1. The van der Waals surface area contributed by atoms with Gasteiger partial charge in [0.25, 0.3) is 0 Å². The molecule has 2 aliphatic carbocycles. The third-order valence-corrected chi connectivity index (χ3v) is 8.60. The van der Waals surface area contributed by atoms with Gasteiger partial charge in [-0.15, -0.1) is 0 Å². The molecule has 0 spiro atoms. The van der Waals surface area contributed by atoms with Crippen LogP contribution in [0.4, 0.5) is 0 Å². The summed E-state index contributed by atoms with van der Waals surface area (Å²) in [5.74, 6) is -2.61. The Morgan fingerprint density at radius 2 is 1.98 bits per heavy atom. The van der Waals surface area contributed by atoms with E-state index in [1.54, 1.807) is 12.1 Å². The summed E-state index contributed by atoms with van der Waals surface area (Å²) in [6.45, 7) is 9.21. The zero-order valence-corrected chi connectivity index (χ0v) is 25.9. The van der Waals surface area contributed by atoms with Crippen LogP contribution in [0.3, 0.4) is 0 Å². The van der Waals surface area contributed by atoms with Crippen LogP contribution in [0, 0.1) is 23.7 Å². The summed E-state index contributed by atoms with van der Waals surface area (Å²) in [7, 11) is 0. The molecule has 2 aliphatic rings. The molecule has 0 saturated heterocycles. The van der Waals surface area contributed by atoms with Gasteiger partial charge in [-0.05, 0) is 49.3 Å². The first-order valence-electron chi connectivity index (χ1n) is 14.9. The number of rotatable bonds is 15. The first kappa shape index (κ1) is 34.2. The fourth-order valence-electron chi connectivity index (χ4n) is 5.54. The number of hydrogen-bond donors (Lipinski definition) is 1. The van der Waals surface area contributed by atoms with Crippen molar-refractivity contribution < 1.29 is 38.6 Å². The third kappa shape index (κ3) is 9.60. The van der Waals surface area contributed by atoms with Crippen molar-refractivity contribution in [1.82, 2.24) is 0 Å². The van der Waals surface area contributed by atoms with Crippen LogP contribution < -0.4 is 0 Å². The van der Waals surface area contributed by atoms with E-state index in [-0.39, 0.29) is 67.8 Å². The van der Waals surface area contributed by atoms with Gasteiger partial charge in [-0.1, -0.05) is 68.4 Å². The van der Waals surface area contributed by atoms with Gasteiger partial charge in [-0.25, -0.2) is 0 Å². The smallest absolute Gasteiger partial charge is 0.308 e. The van der Waals surface area contributed by atoms with Gasteiger partial charge in [0.05, 0.1) is 24.2 Å². The van der Waals surface area contributed by atoms with E-state index in [0.717, 1.165) is 5.56 Å². The molecule has 1 aromatic carbocycles. The zero-order valence-electron chi connectivity index (χ0n) is 25.1. The monoisotopic (exact) mass is 615 g/mol. The molecule has 1 aromatic rings. The molecule has 10 heteroatoms. The quantitative estimate of drug-likeness (QED) is 0.154. The van der Waals surface area contributed by atoms with Gasteiger partial charge in [0.15, 0.2) is 5.78 Å². The van der Waals surface area contributed by atoms with E-state index in [2.05, 4.69) is 11.7 Å². The lowest BCUT2D eigenvalue weighted by molar-refractivity contribution is -0.158. The molecule has 9 nitrogen and oxygen atoms in total. The summed E-state index contributed by atoms with van der Waals surface area (Å²) in [6, 6.07) is 7.29. The van der Waals surface area contributed by atoms with E-state index >= 15 is 0 Å². The number of aliphatic hydroxyl groups excluding tert-OH is 1. The number of fused-ring (bicyclic) bond motifs is 1. The average Bonchev–Trinajstić information content (AvgIpc) is 2.97. The van der Waals surface area contributed by atoms with Gasteiger partial charge in [0.1, 0.15) is 25.1 Å². The summed E-state index contributed by atoms with van der Waals surface area (Å²) < 4.78 is 10.9. The Balaban J connectivity index is 1.78. The Morgan fingerprint density at radius 1 is 1.23 bits per heavy atom. The normalized spacial score (nSPS) is 23.9. The number of aliphatic hydroxyl groups is 1. The second-order valence-electron chi connectivity index (χ2n) is 11.3. The second-order valence-corrected chi connectivity index (χ2v) is 11.7. The van der Waals surface area contributed by atoms with E-state index in [4.69, 9.17) is 25.9 Å². The van der Waals surface area contributed by atoms with Gasteiger partial charge in [0, 0.05) is 35.3 Å². The maximum atomic E-state index is 13.2. The summed E-state index contributed by atoms with van der Waals surface area (Å²) >= 11 is 6.25. The van der Waals surface area contributed by atoms with Crippen molar-refractivity contribution in [1.29, 1.82) is 0 Å². The Morgan fingerprint density at radius 3 is 2.67 bits per heavy atom. The lowest BCUT2D eigenvalue weighted by atomic mass is 9.63. The van der Waals surface area contributed by atoms with Crippen molar-refractivity contribution in [2.45, 2.75) is 84.5 Å². The number of nitrogens with zero attached hydrogens (tertiary/aromatic N) is 1. The lowest BCUT2D eigenvalue weighted by Crippen LogP contribution is -2.46. The molecule has 234 valence electrons. The molecule has 0 amide bonds. The van der Waals surface area contributed by atoms with E-state index in [9.17, 15) is 24.3 Å². The minimum atomic E-state index is -1.17. The second kappa shape index (κ2) is 16.5. The molecule has 0 radical (unpaired) electrons. The minimum Gasteiger partial charge on any atom is -0.461 e. The average molecular weight is 616 g/mol. The van der Waals surface area contributed by atoms with Crippen molar-refractivity contribution in [3.8, 4) is 0 Å². The highest BCUT2D eigenvalue weighted by Crippen LogP contribution is 2.44. The molecule has 1 saturated carbocycles. The molecule has 6 unspecified atom stereocenters. The van der Waals surface area contributed by atoms with Crippen LogP contribution in [0.2, 0.25) is 5.02 Å². The Hall–Kier alpha value is -3.30. The van der Waals surface area contributed by atoms with Crippen LogP contribution in [0.5, 0.6) is 0 Å². The SMILES string of the molecule is C=CCOC(=O)CC(O)CC(=O)CCC1C(C)C(=O)C=C2/C(=N\OCc3ccccc3Cl)CCC(OC(=O)C(C)CC)C21. The number of carbonyl (C=O) groups excluding carboxylic acids is 4. The summed E-state index contributed by atoms with van der Waals surface area (Å²) in [5, 5.41) is 15.2. The number of allylic oxidation sites excluding steroid dienone is 1. The molecular formula is C33H42ClNO8. The zero-order chi connectivity index (χ0) is 31.5. The molecule has 6 atom stereocenters. The molecule has 1 N–H and O–H groups in total. The van der Waals surface area contributed by atoms with Gasteiger partial charge >= 0.3 is 11.9 Å². The molecule has 0 aliphatic heterocycles. The van der Waals surface area contributed by atoms with Gasteiger partial charge < -0.3 is 19.4 Å². The van der Waals surface area contributed by atoms with E-state index in [1.165, 1.54) is 6.08 Å². The number of oxime groups is 1. The number of carbonyl (C=O) groups is 4. The third-order valence-electron chi connectivity index (χ3n) is 8.23. The van der Waals surface area contributed by atoms with E-state index in [0.29, 0.717) is 42.0 Å². The lowest BCUT2D eigenvalue weighted by Gasteiger charge is -2.43. The first-order chi connectivity index (χ1) is 20.5. The van der Waals surface area contributed by atoms with Crippen LogP contribution in [0.15, 0.2) is 53.7 Å². The van der Waals surface area contributed by atoms with Crippen molar-refractivity contribution in [3.05, 3.63) is 59.2 Å². The van der Waals surface area contributed by atoms with Gasteiger partial charge in [-0.2, -0.15) is 0 Å². The number of ketones is 2. The van der Waals surface area contributed by atoms with Crippen molar-refractivity contribution >= 4 is 40.8 Å².